The van der Waals surface area contributed by atoms with E-state index >= 15 is 0 Å². The summed E-state index contributed by atoms with van der Waals surface area (Å²) in [6.07, 6.45) is 1.64. The molecular formula is C14H17ClFN3O. The summed E-state index contributed by atoms with van der Waals surface area (Å²) in [4.78, 5) is 6.65. The molecule has 2 heterocycles. The Hall–Kier alpha value is -1.43. The second kappa shape index (κ2) is 6.35. The molecule has 0 aliphatic carbocycles. The van der Waals surface area contributed by atoms with E-state index in [0.29, 0.717) is 17.5 Å². The lowest BCUT2D eigenvalue weighted by Crippen LogP contribution is -2.55. The molecule has 0 spiro atoms. The molecule has 1 aromatic carbocycles. The summed E-state index contributed by atoms with van der Waals surface area (Å²) in [6, 6.07) is 6.84. The maximum absolute atomic E-state index is 13.1. The Morgan fingerprint density at radius 1 is 1.45 bits per heavy atom. The molecule has 6 heteroatoms. The van der Waals surface area contributed by atoms with Gasteiger partial charge in [0.2, 0.25) is 5.89 Å². The van der Waals surface area contributed by atoms with E-state index in [1.54, 1.807) is 18.4 Å². The fraction of sp³-hybridized carbons (Fsp3) is 0.357. The van der Waals surface area contributed by atoms with Gasteiger partial charge in [0, 0.05) is 31.2 Å². The highest BCUT2D eigenvalue weighted by Crippen LogP contribution is 2.20. The molecule has 1 aromatic heterocycles. The summed E-state index contributed by atoms with van der Waals surface area (Å²) in [6.45, 7) is 2.78. The van der Waals surface area contributed by atoms with Gasteiger partial charge >= 0.3 is 0 Å². The molecular weight excluding hydrogens is 281 g/mol. The van der Waals surface area contributed by atoms with E-state index in [1.165, 1.54) is 12.1 Å². The van der Waals surface area contributed by atoms with Crippen molar-refractivity contribution in [3.8, 4) is 11.5 Å². The maximum atomic E-state index is 13.1. The molecule has 0 unspecified atom stereocenters. The van der Waals surface area contributed by atoms with Crippen LogP contribution in [0.25, 0.3) is 11.5 Å². The van der Waals surface area contributed by atoms with Gasteiger partial charge in [-0.05, 0) is 25.2 Å². The van der Waals surface area contributed by atoms with Gasteiger partial charge in [0.1, 0.15) is 12.1 Å². The summed E-state index contributed by atoms with van der Waals surface area (Å²) >= 11 is 0. The first-order valence-corrected chi connectivity index (χ1v) is 6.33. The third-order valence-electron chi connectivity index (χ3n) is 3.42. The molecule has 2 aromatic rings. The van der Waals surface area contributed by atoms with Gasteiger partial charge in [-0.25, -0.2) is 9.37 Å². The predicted molar refractivity (Wildman–Crippen MR) is 77.3 cm³/mol. The zero-order valence-corrected chi connectivity index (χ0v) is 12.0. The normalized spacial score (nSPS) is 14.9. The van der Waals surface area contributed by atoms with Crippen molar-refractivity contribution in [2.24, 2.45) is 0 Å². The number of rotatable bonds is 4. The van der Waals surface area contributed by atoms with Crippen molar-refractivity contribution in [2.45, 2.75) is 12.6 Å². The standard InChI is InChI=1S/C14H16FN3O.ClH/c1-18(13-6-16-7-13)8-12-9-19-14(17-12)10-3-2-4-11(15)5-10;/h2-5,9,13,16H,6-8H2,1H3;1H. The molecule has 0 bridgehead atoms. The Morgan fingerprint density at radius 2 is 2.25 bits per heavy atom. The SMILES string of the molecule is CN(Cc1coc(-c2cccc(F)c2)n1)C1CNC1.Cl. The zero-order valence-electron chi connectivity index (χ0n) is 11.2. The largest absolute Gasteiger partial charge is 0.444 e. The number of hydrogen-bond donors (Lipinski definition) is 1. The average molecular weight is 298 g/mol. The van der Waals surface area contributed by atoms with E-state index in [2.05, 4.69) is 22.2 Å². The summed E-state index contributed by atoms with van der Waals surface area (Å²) in [7, 11) is 2.07. The van der Waals surface area contributed by atoms with Gasteiger partial charge in [-0.2, -0.15) is 0 Å². The van der Waals surface area contributed by atoms with Gasteiger partial charge in [0.15, 0.2) is 0 Å². The molecule has 0 amide bonds. The lowest BCUT2D eigenvalue weighted by molar-refractivity contribution is 0.171. The minimum Gasteiger partial charge on any atom is -0.444 e. The summed E-state index contributed by atoms with van der Waals surface area (Å²) in [5.41, 5.74) is 1.54. The van der Waals surface area contributed by atoms with Crippen LogP contribution in [-0.4, -0.2) is 36.1 Å². The van der Waals surface area contributed by atoms with E-state index in [4.69, 9.17) is 4.42 Å². The van der Waals surface area contributed by atoms with Gasteiger partial charge in [-0.15, -0.1) is 12.4 Å². The number of nitrogens with one attached hydrogen (secondary N) is 1. The van der Waals surface area contributed by atoms with Crippen LogP contribution in [0.15, 0.2) is 34.9 Å². The van der Waals surface area contributed by atoms with Gasteiger partial charge in [-0.1, -0.05) is 6.07 Å². The number of aromatic nitrogens is 1. The summed E-state index contributed by atoms with van der Waals surface area (Å²) < 4.78 is 18.6. The van der Waals surface area contributed by atoms with Gasteiger partial charge in [0.25, 0.3) is 0 Å². The molecule has 0 radical (unpaired) electrons. The molecule has 1 fully saturated rings. The number of hydrogen-bond acceptors (Lipinski definition) is 4. The van der Waals surface area contributed by atoms with E-state index in [-0.39, 0.29) is 18.2 Å². The van der Waals surface area contributed by atoms with Crippen LogP contribution in [0.3, 0.4) is 0 Å². The fourth-order valence-electron chi connectivity index (χ4n) is 2.10. The number of oxazole rings is 1. The Morgan fingerprint density at radius 3 is 2.90 bits per heavy atom. The Bertz CT molecular complexity index is 571. The van der Waals surface area contributed by atoms with E-state index in [0.717, 1.165) is 25.3 Å². The molecule has 4 nitrogen and oxygen atoms in total. The first kappa shape index (κ1) is 15.0. The highest BCUT2D eigenvalue weighted by Gasteiger charge is 2.22. The summed E-state index contributed by atoms with van der Waals surface area (Å²) in [5.74, 6) is 0.185. The zero-order chi connectivity index (χ0) is 13.2. The van der Waals surface area contributed by atoms with Crippen molar-refractivity contribution in [3.63, 3.8) is 0 Å². The first-order chi connectivity index (χ1) is 9.22. The predicted octanol–water partition coefficient (Wildman–Crippen LogP) is 2.31. The van der Waals surface area contributed by atoms with Crippen molar-refractivity contribution >= 4 is 12.4 Å². The Balaban J connectivity index is 0.00000147. The van der Waals surface area contributed by atoms with Crippen molar-refractivity contribution in [1.82, 2.24) is 15.2 Å². The monoisotopic (exact) mass is 297 g/mol. The van der Waals surface area contributed by atoms with E-state index in [9.17, 15) is 4.39 Å². The maximum Gasteiger partial charge on any atom is 0.226 e. The van der Waals surface area contributed by atoms with E-state index < -0.39 is 0 Å². The van der Waals surface area contributed by atoms with Crippen LogP contribution in [0.5, 0.6) is 0 Å². The van der Waals surface area contributed by atoms with Crippen LogP contribution in [0, 0.1) is 5.82 Å². The van der Waals surface area contributed by atoms with Crippen LogP contribution in [0.2, 0.25) is 0 Å². The topological polar surface area (TPSA) is 41.3 Å². The van der Waals surface area contributed by atoms with Crippen LogP contribution in [0.1, 0.15) is 5.69 Å². The molecule has 108 valence electrons. The highest BCUT2D eigenvalue weighted by atomic mass is 35.5. The van der Waals surface area contributed by atoms with Crippen LogP contribution >= 0.6 is 12.4 Å². The number of nitrogens with zero attached hydrogens (tertiary/aromatic N) is 2. The molecule has 1 aliphatic rings. The highest BCUT2D eigenvalue weighted by molar-refractivity contribution is 5.85. The van der Waals surface area contributed by atoms with Crippen molar-refractivity contribution < 1.29 is 8.81 Å². The number of benzene rings is 1. The molecule has 0 saturated carbocycles. The number of likely N-dealkylation sites (N-methyl/N-ethyl adjacent to an activating group) is 1. The molecule has 1 saturated heterocycles. The second-order valence-corrected chi connectivity index (χ2v) is 4.88. The first-order valence-electron chi connectivity index (χ1n) is 6.33. The second-order valence-electron chi connectivity index (χ2n) is 4.88. The molecule has 20 heavy (non-hydrogen) atoms. The minimum absolute atomic E-state index is 0. The van der Waals surface area contributed by atoms with Crippen molar-refractivity contribution in [3.05, 3.63) is 42.0 Å². The fourth-order valence-corrected chi connectivity index (χ4v) is 2.10. The minimum atomic E-state index is -0.282. The lowest BCUT2D eigenvalue weighted by Gasteiger charge is -2.35. The molecule has 0 atom stereocenters. The Kier molecular flexibility index (Phi) is 4.75. The van der Waals surface area contributed by atoms with Gasteiger partial charge < -0.3 is 9.73 Å². The Labute approximate surface area is 123 Å². The van der Waals surface area contributed by atoms with Crippen molar-refractivity contribution in [1.29, 1.82) is 0 Å². The quantitative estimate of drug-likeness (QED) is 0.940. The number of halogens is 2. The third-order valence-corrected chi connectivity index (χ3v) is 3.42. The average Bonchev–Trinajstić information content (AvgIpc) is 2.75. The lowest BCUT2D eigenvalue weighted by atomic mass is 10.1. The van der Waals surface area contributed by atoms with Crippen LogP contribution < -0.4 is 5.32 Å². The van der Waals surface area contributed by atoms with Crippen LogP contribution in [0.4, 0.5) is 4.39 Å². The molecule has 3 rings (SSSR count). The smallest absolute Gasteiger partial charge is 0.226 e. The van der Waals surface area contributed by atoms with Gasteiger partial charge in [0.05, 0.1) is 5.69 Å². The molecule has 1 N–H and O–H groups in total. The van der Waals surface area contributed by atoms with Gasteiger partial charge in [-0.3, -0.25) is 4.90 Å². The van der Waals surface area contributed by atoms with E-state index in [1.807, 2.05) is 0 Å². The third kappa shape index (κ3) is 3.17. The van der Waals surface area contributed by atoms with Crippen molar-refractivity contribution in [2.75, 3.05) is 20.1 Å². The summed E-state index contributed by atoms with van der Waals surface area (Å²) in [5, 5.41) is 3.24. The molecule has 1 aliphatic heterocycles. The van der Waals surface area contributed by atoms with Crippen LogP contribution in [-0.2, 0) is 6.54 Å².